The molecule has 11 nitrogen and oxygen atoms in total. The molecule has 11 heteroatoms. The van der Waals surface area contributed by atoms with Gasteiger partial charge in [-0.25, -0.2) is 4.99 Å². The Morgan fingerprint density at radius 3 is 2.63 bits per heavy atom. The maximum atomic E-state index is 13.5. The molecule has 0 saturated carbocycles. The van der Waals surface area contributed by atoms with Crippen molar-refractivity contribution in [3.8, 4) is 0 Å². The van der Waals surface area contributed by atoms with Gasteiger partial charge in [-0.15, -0.1) is 0 Å². The fourth-order valence-electron chi connectivity index (χ4n) is 6.30. The van der Waals surface area contributed by atoms with E-state index in [2.05, 4.69) is 30.7 Å². The van der Waals surface area contributed by atoms with Gasteiger partial charge in [0.05, 0.1) is 30.2 Å². The van der Waals surface area contributed by atoms with E-state index in [0.717, 1.165) is 62.5 Å². The van der Waals surface area contributed by atoms with Crippen molar-refractivity contribution < 1.29 is 14.3 Å². The monoisotopic (exact) mass is 560 g/mol. The summed E-state index contributed by atoms with van der Waals surface area (Å²) in [4.78, 5) is 37.7. The number of carbonyl (C=O) groups excluding carboxylic acids is 2. The lowest BCUT2D eigenvalue weighted by atomic mass is 9.92. The van der Waals surface area contributed by atoms with Crippen LogP contribution < -0.4 is 20.9 Å². The van der Waals surface area contributed by atoms with Crippen LogP contribution in [0.4, 0.5) is 11.4 Å². The summed E-state index contributed by atoms with van der Waals surface area (Å²) in [5, 5.41) is 17.1. The molecule has 0 atom stereocenters. The standard InChI is InChI=1S/C30H40N8O3/c31-16-25(28-33-5-1-6-34-28)29(39)35-26-14-23-20-38(30(40)24(23)15-27(26)37-10-12-41-13-11-37)9-4-21-2-7-36(8-3-21)19-22-17-32-18-22/h1,5-6,14-16,21-22,31-33H,2-4,7-13,17-20H2,(H,35,39)/b28-25-,31-16?. The predicted molar refractivity (Wildman–Crippen MR) is 160 cm³/mol. The van der Waals surface area contributed by atoms with Gasteiger partial charge in [0, 0.05) is 70.0 Å². The van der Waals surface area contributed by atoms with E-state index < -0.39 is 5.91 Å². The second-order valence-corrected chi connectivity index (χ2v) is 11.6. The van der Waals surface area contributed by atoms with Crippen molar-refractivity contribution in [1.29, 1.82) is 5.41 Å². The molecule has 5 aliphatic rings. The number of piperidine rings is 1. The number of fused-ring (bicyclic) bond motifs is 1. The molecule has 2 amide bonds. The van der Waals surface area contributed by atoms with Gasteiger partial charge in [0.25, 0.3) is 11.8 Å². The lowest BCUT2D eigenvalue weighted by Gasteiger charge is -2.37. The molecule has 0 radical (unpaired) electrons. The molecule has 0 aromatic heterocycles. The van der Waals surface area contributed by atoms with Crippen LogP contribution in [0.5, 0.6) is 0 Å². The molecule has 1 aromatic rings. The average molecular weight is 561 g/mol. The minimum Gasteiger partial charge on any atom is -0.378 e. The van der Waals surface area contributed by atoms with Gasteiger partial charge in [-0.1, -0.05) is 0 Å². The van der Waals surface area contributed by atoms with E-state index in [-0.39, 0.29) is 11.5 Å². The van der Waals surface area contributed by atoms with Crippen molar-refractivity contribution in [3.63, 3.8) is 0 Å². The number of benzene rings is 1. The van der Waals surface area contributed by atoms with Crippen LogP contribution in [0.3, 0.4) is 0 Å². The molecule has 5 heterocycles. The molecule has 1 aromatic carbocycles. The molecule has 5 aliphatic heterocycles. The molecule has 0 aliphatic carbocycles. The smallest absolute Gasteiger partial charge is 0.261 e. The Kier molecular flexibility index (Phi) is 8.45. The second-order valence-electron chi connectivity index (χ2n) is 11.6. The normalized spacial score (nSPS) is 22.8. The number of hydrogen-bond donors (Lipinski definition) is 4. The van der Waals surface area contributed by atoms with Crippen molar-refractivity contribution in [2.45, 2.75) is 25.8 Å². The van der Waals surface area contributed by atoms with Gasteiger partial charge in [-0.05, 0) is 68.0 Å². The quantitative estimate of drug-likeness (QED) is 0.268. The third-order valence-electron chi connectivity index (χ3n) is 8.85. The maximum Gasteiger partial charge on any atom is 0.261 e. The van der Waals surface area contributed by atoms with Crippen molar-refractivity contribution >= 4 is 35.6 Å². The van der Waals surface area contributed by atoms with Gasteiger partial charge >= 0.3 is 0 Å². The Bertz CT molecular complexity index is 1260. The fourth-order valence-corrected chi connectivity index (χ4v) is 6.30. The van der Waals surface area contributed by atoms with Crippen LogP contribution in [0, 0.1) is 17.2 Å². The zero-order chi connectivity index (χ0) is 28.2. The van der Waals surface area contributed by atoms with E-state index in [1.807, 2.05) is 17.0 Å². The first kappa shape index (κ1) is 27.6. The highest BCUT2D eigenvalue weighted by molar-refractivity contribution is 6.18. The Balaban J connectivity index is 1.14. The van der Waals surface area contributed by atoms with Crippen molar-refractivity contribution in [3.05, 3.63) is 46.9 Å². The van der Waals surface area contributed by atoms with Crippen LogP contribution in [0.15, 0.2) is 40.8 Å². The number of rotatable bonds is 9. The number of hydrogen-bond acceptors (Lipinski definition) is 9. The van der Waals surface area contributed by atoms with Gasteiger partial charge in [-0.2, -0.15) is 0 Å². The van der Waals surface area contributed by atoms with Crippen LogP contribution in [-0.4, -0.2) is 99.6 Å². The summed E-state index contributed by atoms with van der Waals surface area (Å²) in [6.45, 7) is 9.65. The van der Waals surface area contributed by atoms with E-state index >= 15 is 0 Å². The van der Waals surface area contributed by atoms with Crippen LogP contribution in [-0.2, 0) is 16.1 Å². The number of aliphatic imine (C=N–C) groups is 1. The second kappa shape index (κ2) is 12.5. The SMILES string of the molecule is N=C/C(C(=O)Nc1cc2c(cc1N1CCOCC1)C(=O)N(CCC1CCN(CC3CNC3)CC1)C2)=C1/N=CC=CN1. The van der Waals surface area contributed by atoms with Gasteiger partial charge in [-0.3, -0.25) is 9.59 Å². The number of allylic oxidation sites excluding steroid dienone is 1. The molecule has 0 spiro atoms. The minimum absolute atomic E-state index is 0.0668. The van der Waals surface area contributed by atoms with Crippen molar-refractivity contribution in [2.75, 3.05) is 75.8 Å². The molecule has 218 valence electrons. The lowest BCUT2D eigenvalue weighted by molar-refractivity contribution is -0.112. The molecule has 6 rings (SSSR count). The van der Waals surface area contributed by atoms with Gasteiger partial charge in [0.2, 0.25) is 0 Å². The zero-order valence-electron chi connectivity index (χ0n) is 23.5. The Morgan fingerprint density at radius 1 is 1.15 bits per heavy atom. The van der Waals surface area contributed by atoms with E-state index in [4.69, 9.17) is 10.1 Å². The van der Waals surface area contributed by atoms with Gasteiger partial charge in [0.1, 0.15) is 5.82 Å². The number of morpholine rings is 1. The summed E-state index contributed by atoms with van der Waals surface area (Å²) in [7, 11) is 0. The molecular weight excluding hydrogens is 520 g/mol. The Hall–Kier alpha value is -3.54. The minimum atomic E-state index is -0.425. The first-order chi connectivity index (χ1) is 20.1. The fraction of sp³-hybridized carbons (Fsp3) is 0.533. The van der Waals surface area contributed by atoms with E-state index in [1.165, 1.54) is 19.4 Å². The van der Waals surface area contributed by atoms with E-state index in [1.54, 1.807) is 18.5 Å². The first-order valence-corrected chi connectivity index (χ1v) is 14.8. The van der Waals surface area contributed by atoms with Crippen molar-refractivity contribution in [1.82, 2.24) is 20.4 Å². The van der Waals surface area contributed by atoms with E-state index in [0.29, 0.717) is 55.8 Å². The number of nitrogens with zero attached hydrogens (tertiary/aromatic N) is 4. The molecule has 0 unspecified atom stereocenters. The maximum absolute atomic E-state index is 13.5. The molecule has 41 heavy (non-hydrogen) atoms. The van der Waals surface area contributed by atoms with Crippen LogP contribution in [0.25, 0.3) is 0 Å². The highest BCUT2D eigenvalue weighted by Gasteiger charge is 2.32. The molecule has 3 fully saturated rings. The predicted octanol–water partition coefficient (Wildman–Crippen LogP) is 1.79. The van der Waals surface area contributed by atoms with Crippen LogP contribution in [0.2, 0.25) is 0 Å². The van der Waals surface area contributed by atoms with Crippen LogP contribution in [0.1, 0.15) is 35.2 Å². The van der Waals surface area contributed by atoms with Crippen LogP contribution >= 0.6 is 0 Å². The summed E-state index contributed by atoms with van der Waals surface area (Å²) in [5.41, 5.74) is 3.20. The number of likely N-dealkylation sites (tertiary alicyclic amines) is 1. The number of amides is 2. The third-order valence-corrected chi connectivity index (χ3v) is 8.85. The average Bonchev–Trinajstić information content (AvgIpc) is 3.29. The summed E-state index contributed by atoms with van der Waals surface area (Å²) in [5.74, 6) is 1.43. The molecule has 0 bridgehead atoms. The third kappa shape index (κ3) is 6.22. The number of nitrogens with one attached hydrogen (secondary N) is 4. The van der Waals surface area contributed by atoms with Gasteiger partial charge < -0.3 is 40.8 Å². The highest BCUT2D eigenvalue weighted by atomic mass is 16.5. The van der Waals surface area contributed by atoms with Gasteiger partial charge in [0.15, 0.2) is 0 Å². The lowest BCUT2D eigenvalue weighted by Crippen LogP contribution is -2.49. The molecular formula is C30H40N8O3. The summed E-state index contributed by atoms with van der Waals surface area (Å²) >= 11 is 0. The topological polar surface area (TPSA) is 125 Å². The number of ether oxygens (including phenoxy) is 1. The highest BCUT2D eigenvalue weighted by Crippen LogP contribution is 2.36. The molecule has 3 saturated heterocycles. The summed E-state index contributed by atoms with van der Waals surface area (Å²) in [6.07, 6.45) is 9.41. The Labute approximate surface area is 241 Å². The van der Waals surface area contributed by atoms with Crippen molar-refractivity contribution in [2.24, 2.45) is 16.8 Å². The summed E-state index contributed by atoms with van der Waals surface area (Å²) in [6, 6.07) is 3.87. The largest absolute Gasteiger partial charge is 0.378 e. The van der Waals surface area contributed by atoms with E-state index in [9.17, 15) is 9.59 Å². The summed E-state index contributed by atoms with van der Waals surface area (Å²) < 4.78 is 5.55. The molecule has 4 N–H and O–H groups in total. The number of anilines is 2. The zero-order valence-corrected chi connectivity index (χ0v) is 23.5. The Morgan fingerprint density at radius 2 is 1.95 bits per heavy atom. The number of carbonyl (C=O) groups is 2. The first-order valence-electron chi connectivity index (χ1n) is 14.8.